The Morgan fingerprint density at radius 2 is 2.05 bits per heavy atom. The van der Waals surface area contributed by atoms with Crippen LogP contribution in [0.5, 0.6) is 0 Å². The molecule has 0 saturated carbocycles. The summed E-state index contributed by atoms with van der Waals surface area (Å²) < 4.78 is 5.43. The predicted octanol–water partition coefficient (Wildman–Crippen LogP) is 2.86. The lowest BCUT2D eigenvalue weighted by molar-refractivity contribution is 0.0410. The largest absolute Gasteiger partial charge is 0.381 e. The number of nitrogens with zero attached hydrogens (tertiary/aromatic N) is 1. The highest BCUT2D eigenvalue weighted by atomic mass is 32.1. The van der Waals surface area contributed by atoms with Crippen molar-refractivity contribution in [1.29, 1.82) is 0 Å². The van der Waals surface area contributed by atoms with Crippen LogP contribution in [0.4, 0.5) is 0 Å². The summed E-state index contributed by atoms with van der Waals surface area (Å²) in [7, 11) is 2.24. The van der Waals surface area contributed by atoms with Crippen molar-refractivity contribution < 1.29 is 4.74 Å². The molecule has 1 aliphatic rings. The van der Waals surface area contributed by atoms with Gasteiger partial charge in [0, 0.05) is 42.1 Å². The average Bonchev–Trinajstić information content (AvgIpc) is 2.88. The molecule has 1 N–H and O–H groups in total. The number of hydrogen-bond acceptors (Lipinski definition) is 4. The van der Waals surface area contributed by atoms with Gasteiger partial charge in [0.2, 0.25) is 0 Å². The van der Waals surface area contributed by atoms with E-state index >= 15 is 0 Å². The first-order valence-corrected chi connectivity index (χ1v) is 8.17. The lowest BCUT2D eigenvalue weighted by atomic mass is 10.1. The second-order valence-corrected chi connectivity index (χ2v) is 6.56. The molecule has 1 fully saturated rings. The van der Waals surface area contributed by atoms with E-state index in [1.165, 1.54) is 29.0 Å². The molecule has 3 nitrogen and oxygen atoms in total. The maximum Gasteiger partial charge on any atom is 0.0480 e. The van der Waals surface area contributed by atoms with Gasteiger partial charge in [-0.15, -0.1) is 11.3 Å². The molecule has 0 atom stereocenters. The highest BCUT2D eigenvalue weighted by molar-refractivity contribution is 7.11. The van der Waals surface area contributed by atoms with E-state index < -0.39 is 0 Å². The van der Waals surface area contributed by atoms with Crippen LogP contribution in [0, 0.1) is 0 Å². The van der Waals surface area contributed by atoms with Gasteiger partial charge in [0.1, 0.15) is 0 Å². The van der Waals surface area contributed by atoms with Crippen molar-refractivity contribution in [2.24, 2.45) is 0 Å². The molecule has 1 aromatic heterocycles. The van der Waals surface area contributed by atoms with Crippen LogP contribution in [0.15, 0.2) is 12.1 Å². The number of nitrogens with one attached hydrogen (secondary N) is 1. The molecule has 4 heteroatoms. The normalized spacial score (nSPS) is 17.2. The Hall–Kier alpha value is -0.420. The number of hydrogen-bond donors (Lipinski definition) is 1. The van der Waals surface area contributed by atoms with Gasteiger partial charge < -0.3 is 10.1 Å². The molecule has 2 heterocycles. The van der Waals surface area contributed by atoms with Crippen molar-refractivity contribution >= 4 is 11.3 Å². The third-order valence-corrected chi connectivity index (χ3v) is 4.73. The fourth-order valence-electron chi connectivity index (χ4n) is 2.49. The van der Waals surface area contributed by atoms with Gasteiger partial charge >= 0.3 is 0 Å². The zero-order chi connectivity index (χ0) is 13.5. The van der Waals surface area contributed by atoms with Gasteiger partial charge in [0.15, 0.2) is 0 Å². The molecule has 0 aromatic carbocycles. The summed E-state index contributed by atoms with van der Waals surface area (Å²) >= 11 is 1.94. The predicted molar refractivity (Wildman–Crippen MR) is 81.6 cm³/mol. The molecule has 2 rings (SSSR count). The van der Waals surface area contributed by atoms with E-state index in [1.54, 1.807) is 0 Å². The van der Waals surface area contributed by atoms with Crippen molar-refractivity contribution in [3.05, 3.63) is 21.9 Å². The zero-order valence-corrected chi connectivity index (χ0v) is 13.0. The molecule has 0 aliphatic carbocycles. The zero-order valence-electron chi connectivity index (χ0n) is 12.2. The Bertz CT molecular complexity index is 361. The van der Waals surface area contributed by atoms with E-state index in [0.29, 0.717) is 6.04 Å². The molecule has 0 radical (unpaired) electrons. The van der Waals surface area contributed by atoms with Crippen LogP contribution in [0.2, 0.25) is 0 Å². The van der Waals surface area contributed by atoms with Gasteiger partial charge in [-0.25, -0.2) is 0 Å². The summed E-state index contributed by atoms with van der Waals surface area (Å²) in [5, 5.41) is 3.46. The maximum absolute atomic E-state index is 5.43. The standard InChI is InChI=1S/C15H26N2OS/c1-3-8-16-11-14-4-5-15(19-14)12-17(2)13-6-9-18-10-7-13/h4-5,13,16H,3,6-12H2,1-2H3. The molecular weight excluding hydrogens is 256 g/mol. The van der Waals surface area contributed by atoms with Crippen molar-refractivity contribution in [3.8, 4) is 0 Å². The number of rotatable bonds is 7. The minimum Gasteiger partial charge on any atom is -0.381 e. The Kier molecular flexibility index (Phi) is 6.31. The molecule has 1 aromatic rings. The summed E-state index contributed by atoms with van der Waals surface area (Å²) in [6.07, 6.45) is 3.55. The quantitative estimate of drug-likeness (QED) is 0.778. The lowest BCUT2D eigenvalue weighted by Crippen LogP contribution is -2.35. The molecule has 0 amide bonds. The van der Waals surface area contributed by atoms with Crippen molar-refractivity contribution in [2.45, 2.75) is 45.3 Å². The van der Waals surface area contributed by atoms with Crippen LogP contribution in [0.1, 0.15) is 35.9 Å². The SMILES string of the molecule is CCCNCc1ccc(CN(C)C2CCOCC2)s1. The van der Waals surface area contributed by atoms with E-state index in [0.717, 1.165) is 32.8 Å². The van der Waals surface area contributed by atoms with E-state index in [4.69, 9.17) is 4.74 Å². The summed E-state index contributed by atoms with van der Waals surface area (Å²) in [5.41, 5.74) is 0. The lowest BCUT2D eigenvalue weighted by Gasteiger charge is -2.30. The number of ether oxygens (including phenoxy) is 1. The van der Waals surface area contributed by atoms with Crippen molar-refractivity contribution in [2.75, 3.05) is 26.8 Å². The highest BCUT2D eigenvalue weighted by Gasteiger charge is 2.18. The van der Waals surface area contributed by atoms with Gasteiger partial charge in [-0.05, 0) is 45.0 Å². The summed E-state index contributed by atoms with van der Waals surface area (Å²) in [6, 6.07) is 5.24. The second kappa shape index (κ2) is 8.00. The topological polar surface area (TPSA) is 24.5 Å². The fourth-order valence-corrected chi connectivity index (χ4v) is 3.54. The Morgan fingerprint density at radius 3 is 2.79 bits per heavy atom. The third kappa shape index (κ3) is 4.88. The summed E-state index contributed by atoms with van der Waals surface area (Å²) in [5.74, 6) is 0. The van der Waals surface area contributed by atoms with E-state index in [1.807, 2.05) is 11.3 Å². The monoisotopic (exact) mass is 282 g/mol. The van der Waals surface area contributed by atoms with Crippen molar-refractivity contribution in [3.63, 3.8) is 0 Å². The molecule has 1 aliphatic heterocycles. The smallest absolute Gasteiger partial charge is 0.0480 e. The Balaban J connectivity index is 1.78. The molecule has 0 unspecified atom stereocenters. The van der Waals surface area contributed by atoms with Crippen LogP contribution in [-0.4, -0.2) is 37.7 Å². The van der Waals surface area contributed by atoms with Crippen LogP contribution < -0.4 is 5.32 Å². The van der Waals surface area contributed by atoms with Crippen molar-refractivity contribution in [1.82, 2.24) is 10.2 Å². The first kappa shape index (κ1) is 15.0. The first-order chi connectivity index (χ1) is 9.29. The van der Waals surface area contributed by atoms with Gasteiger partial charge in [0.25, 0.3) is 0 Å². The third-order valence-electron chi connectivity index (χ3n) is 3.66. The molecule has 0 bridgehead atoms. The minimum atomic E-state index is 0.692. The van der Waals surface area contributed by atoms with Crippen LogP contribution >= 0.6 is 11.3 Å². The Morgan fingerprint density at radius 1 is 1.32 bits per heavy atom. The molecule has 108 valence electrons. The van der Waals surface area contributed by atoms with E-state index in [-0.39, 0.29) is 0 Å². The summed E-state index contributed by atoms with van der Waals surface area (Å²) in [6.45, 7) is 7.24. The molecule has 0 spiro atoms. The average molecular weight is 282 g/mol. The maximum atomic E-state index is 5.43. The molecule has 19 heavy (non-hydrogen) atoms. The second-order valence-electron chi connectivity index (χ2n) is 5.30. The molecular formula is C15H26N2OS. The first-order valence-electron chi connectivity index (χ1n) is 7.36. The van der Waals surface area contributed by atoms with Crippen LogP contribution in [-0.2, 0) is 17.8 Å². The highest BCUT2D eigenvalue weighted by Crippen LogP contribution is 2.21. The van der Waals surface area contributed by atoms with Gasteiger partial charge in [-0.3, -0.25) is 4.90 Å². The minimum absolute atomic E-state index is 0.692. The number of thiophene rings is 1. The van der Waals surface area contributed by atoms with Gasteiger partial charge in [-0.2, -0.15) is 0 Å². The van der Waals surface area contributed by atoms with Crippen LogP contribution in [0.25, 0.3) is 0 Å². The van der Waals surface area contributed by atoms with Gasteiger partial charge in [0.05, 0.1) is 0 Å². The summed E-state index contributed by atoms with van der Waals surface area (Å²) in [4.78, 5) is 5.41. The Labute approximate surface area is 121 Å². The van der Waals surface area contributed by atoms with Crippen LogP contribution in [0.3, 0.4) is 0 Å². The van der Waals surface area contributed by atoms with E-state index in [9.17, 15) is 0 Å². The van der Waals surface area contributed by atoms with Gasteiger partial charge in [-0.1, -0.05) is 6.92 Å². The van der Waals surface area contributed by atoms with E-state index in [2.05, 4.69) is 36.3 Å². The fraction of sp³-hybridized carbons (Fsp3) is 0.733. The molecule has 1 saturated heterocycles.